The van der Waals surface area contributed by atoms with Gasteiger partial charge in [0.25, 0.3) is 5.91 Å². The van der Waals surface area contributed by atoms with Gasteiger partial charge in [0.1, 0.15) is 10.6 Å². The second-order valence-corrected chi connectivity index (χ2v) is 7.78. The van der Waals surface area contributed by atoms with Crippen LogP contribution in [0, 0.1) is 0 Å². The van der Waals surface area contributed by atoms with Crippen LogP contribution in [0.4, 0.5) is 0 Å². The predicted octanol–water partition coefficient (Wildman–Crippen LogP) is 0.539. The third-order valence-corrected chi connectivity index (χ3v) is 5.59. The van der Waals surface area contributed by atoms with E-state index in [1.54, 1.807) is 7.05 Å². The average Bonchev–Trinajstić information content (AvgIpc) is 2.75. The minimum absolute atomic E-state index is 0.0974. The molecule has 130 valence electrons. The number of amides is 1. The maximum Gasteiger partial charge on any atom is 0.267 e. The normalized spacial score (nSPS) is 17.0. The van der Waals surface area contributed by atoms with Gasteiger partial charge >= 0.3 is 0 Å². The van der Waals surface area contributed by atoms with E-state index in [2.05, 4.69) is 14.9 Å². The molecule has 1 aromatic heterocycles. The van der Waals surface area contributed by atoms with E-state index in [1.165, 1.54) is 49.6 Å². The maximum absolute atomic E-state index is 12.2. The lowest BCUT2D eigenvalue weighted by Gasteiger charge is -2.19. The van der Waals surface area contributed by atoms with Crippen LogP contribution in [-0.2, 0) is 17.1 Å². The number of aromatic nitrogens is 1. The molecular weight excluding hydrogens is 316 g/mol. The number of hydrogen-bond donors (Lipinski definition) is 2. The van der Waals surface area contributed by atoms with Gasteiger partial charge in [0.2, 0.25) is 10.0 Å². The highest BCUT2D eigenvalue weighted by Gasteiger charge is 2.19. The van der Waals surface area contributed by atoms with Crippen molar-refractivity contribution in [2.45, 2.75) is 30.6 Å². The van der Waals surface area contributed by atoms with Crippen molar-refractivity contribution < 1.29 is 13.2 Å². The number of hydrogen-bond acceptors (Lipinski definition) is 4. The molecule has 0 aliphatic carbocycles. The van der Waals surface area contributed by atoms with Crippen molar-refractivity contribution in [3.05, 3.63) is 18.0 Å². The second kappa shape index (κ2) is 7.94. The van der Waals surface area contributed by atoms with Gasteiger partial charge in [-0.05, 0) is 39.0 Å². The fourth-order valence-electron chi connectivity index (χ4n) is 2.80. The molecule has 2 heterocycles. The van der Waals surface area contributed by atoms with Crippen molar-refractivity contribution in [3.63, 3.8) is 0 Å². The highest BCUT2D eigenvalue weighted by Crippen LogP contribution is 2.13. The summed E-state index contributed by atoms with van der Waals surface area (Å²) in [7, 11) is -0.519. The van der Waals surface area contributed by atoms with Crippen molar-refractivity contribution in [2.75, 3.05) is 33.2 Å². The smallest absolute Gasteiger partial charge is 0.267 e. The summed E-state index contributed by atoms with van der Waals surface area (Å²) >= 11 is 0. The molecule has 1 saturated heterocycles. The van der Waals surface area contributed by atoms with Crippen molar-refractivity contribution >= 4 is 15.9 Å². The first-order valence-corrected chi connectivity index (χ1v) is 9.53. The Morgan fingerprint density at radius 3 is 2.48 bits per heavy atom. The van der Waals surface area contributed by atoms with E-state index < -0.39 is 10.0 Å². The molecule has 0 saturated carbocycles. The number of carbonyl (C=O) groups excluding carboxylic acids is 1. The fraction of sp³-hybridized carbons (Fsp3) is 0.667. The van der Waals surface area contributed by atoms with E-state index >= 15 is 0 Å². The highest BCUT2D eigenvalue weighted by atomic mass is 32.2. The fourth-order valence-corrected chi connectivity index (χ4v) is 3.60. The van der Waals surface area contributed by atoms with Gasteiger partial charge in [-0.15, -0.1) is 0 Å². The number of nitrogens with one attached hydrogen (secondary N) is 2. The highest BCUT2D eigenvalue weighted by molar-refractivity contribution is 7.89. The van der Waals surface area contributed by atoms with Crippen LogP contribution in [0.5, 0.6) is 0 Å². The summed E-state index contributed by atoms with van der Waals surface area (Å²) < 4.78 is 27.3. The maximum atomic E-state index is 12.2. The molecule has 1 aliphatic heterocycles. The minimum Gasteiger partial charge on any atom is -0.349 e. The molecule has 2 rings (SSSR count). The zero-order valence-corrected chi connectivity index (χ0v) is 14.7. The SMILES string of the molecule is CNS(=O)(=O)c1cc(C(=O)NCCN2CCCCCC2)n(C)c1. The Balaban J connectivity index is 1.90. The van der Waals surface area contributed by atoms with Crippen molar-refractivity contribution in [1.29, 1.82) is 0 Å². The van der Waals surface area contributed by atoms with Crippen LogP contribution in [0.3, 0.4) is 0 Å². The molecule has 0 spiro atoms. The summed E-state index contributed by atoms with van der Waals surface area (Å²) in [5.41, 5.74) is 0.342. The molecule has 2 N–H and O–H groups in total. The monoisotopic (exact) mass is 342 g/mol. The van der Waals surface area contributed by atoms with Crippen LogP contribution in [0.1, 0.15) is 36.2 Å². The molecule has 1 amide bonds. The molecule has 1 aliphatic rings. The van der Waals surface area contributed by atoms with Gasteiger partial charge in [-0.3, -0.25) is 4.79 Å². The quantitative estimate of drug-likeness (QED) is 0.790. The van der Waals surface area contributed by atoms with Gasteiger partial charge in [-0.2, -0.15) is 0 Å². The summed E-state index contributed by atoms with van der Waals surface area (Å²) in [5.74, 6) is -0.250. The third-order valence-electron chi connectivity index (χ3n) is 4.20. The standard InChI is InChI=1S/C15H26N4O3S/c1-16-23(21,22)13-11-14(18(2)12-13)15(20)17-7-10-19-8-5-3-4-6-9-19/h11-12,16H,3-10H2,1-2H3,(H,17,20). The lowest BCUT2D eigenvalue weighted by Crippen LogP contribution is -2.36. The van der Waals surface area contributed by atoms with Gasteiger partial charge in [0.15, 0.2) is 0 Å². The number of carbonyl (C=O) groups is 1. The Morgan fingerprint density at radius 2 is 1.87 bits per heavy atom. The largest absolute Gasteiger partial charge is 0.349 e. The second-order valence-electron chi connectivity index (χ2n) is 5.89. The lowest BCUT2D eigenvalue weighted by atomic mass is 10.2. The topological polar surface area (TPSA) is 83.4 Å². The van der Waals surface area contributed by atoms with E-state index in [4.69, 9.17) is 0 Å². The van der Waals surface area contributed by atoms with Crippen LogP contribution in [0.15, 0.2) is 17.2 Å². The van der Waals surface area contributed by atoms with Gasteiger partial charge in [0.05, 0.1) is 0 Å². The molecule has 7 nitrogen and oxygen atoms in total. The van der Waals surface area contributed by atoms with E-state index in [9.17, 15) is 13.2 Å². The van der Waals surface area contributed by atoms with E-state index in [0.717, 1.165) is 19.6 Å². The van der Waals surface area contributed by atoms with Crippen molar-refractivity contribution in [1.82, 2.24) is 19.5 Å². The molecule has 0 aromatic carbocycles. The molecule has 1 fully saturated rings. The summed E-state index contributed by atoms with van der Waals surface area (Å²) in [4.78, 5) is 14.7. The van der Waals surface area contributed by atoms with Gasteiger partial charge in [-0.1, -0.05) is 12.8 Å². The Labute approximate surface area is 138 Å². The third kappa shape index (κ3) is 4.79. The summed E-state index contributed by atoms with van der Waals surface area (Å²) in [6.07, 6.45) is 6.45. The summed E-state index contributed by atoms with van der Waals surface area (Å²) in [6.45, 7) is 3.57. The number of likely N-dealkylation sites (tertiary alicyclic amines) is 1. The van der Waals surface area contributed by atoms with E-state index in [1.807, 2.05) is 0 Å². The van der Waals surface area contributed by atoms with E-state index in [0.29, 0.717) is 12.2 Å². The molecule has 23 heavy (non-hydrogen) atoms. The Bertz CT molecular complexity index is 631. The molecule has 0 atom stereocenters. The number of nitrogens with zero attached hydrogens (tertiary/aromatic N) is 2. The van der Waals surface area contributed by atoms with Gasteiger partial charge < -0.3 is 14.8 Å². The van der Waals surface area contributed by atoms with Crippen LogP contribution in [0.2, 0.25) is 0 Å². The zero-order chi connectivity index (χ0) is 16.9. The molecule has 0 radical (unpaired) electrons. The minimum atomic E-state index is -3.53. The number of aryl methyl sites for hydroxylation is 1. The Hall–Kier alpha value is -1.38. The molecular formula is C15H26N4O3S. The molecule has 1 aromatic rings. The molecule has 0 bridgehead atoms. The average molecular weight is 342 g/mol. The van der Waals surface area contributed by atoms with Gasteiger partial charge in [0, 0.05) is 26.3 Å². The molecule has 8 heteroatoms. The zero-order valence-electron chi connectivity index (χ0n) is 13.8. The van der Waals surface area contributed by atoms with Crippen molar-refractivity contribution in [3.8, 4) is 0 Å². The predicted molar refractivity (Wildman–Crippen MR) is 88.9 cm³/mol. The summed E-state index contributed by atoms with van der Waals surface area (Å²) in [6, 6.07) is 1.40. The van der Waals surface area contributed by atoms with Crippen LogP contribution in [-0.4, -0.2) is 57.0 Å². The van der Waals surface area contributed by atoms with Gasteiger partial charge in [-0.25, -0.2) is 13.1 Å². The Kier molecular flexibility index (Phi) is 6.20. The van der Waals surface area contributed by atoms with E-state index in [-0.39, 0.29) is 10.8 Å². The van der Waals surface area contributed by atoms with Crippen LogP contribution < -0.4 is 10.0 Å². The first-order valence-electron chi connectivity index (χ1n) is 8.04. The first kappa shape index (κ1) is 18.0. The van der Waals surface area contributed by atoms with Crippen molar-refractivity contribution in [2.24, 2.45) is 7.05 Å². The molecule has 0 unspecified atom stereocenters. The number of sulfonamides is 1. The Morgan fingerprint density at radius 1 is 1.22 bits per heavy atom. The summed E-state index contributed by atoms with van der Waals surface area (Å²) in [5, 5.41) is 2.87. The van der Waals surface area contributed by atoms with Crippen LogP contribution >= 0.6 is 0 Å². The number of rotatable bonds is 6. The lowest BCUT2D eigenvalue weighted by molar-refractivity contribution is 0.0940. The van der Waals surface area contributed by atoms with Crippen LogP contribution in [0.25, 0.3) is 0 Å². The first-order chi connectivity index (χ1) is 10.9.